The second-order valence-electron chi connectivity index (χ2n) is 3.83. The third kappa shape index (κ3) is 2.84. The van der Waals surface area contributed by atoms with Gasteiger partial charge in [-0.15, -0.1) is 5.10 Å². The Kier molecular flexibility index (Phi) is 3.69. The molecule has 0 bridgehead atoms. The smallest absolute Gasteiger partial charge is 0.344 e. The molecule has 1 aliphatic heterocycles. The Morgan fingerprint density at radius 2 is 2.21 bits per heavy atom. The summed E-state index contributed by atoms with van der Waals surface area (Å²) in [6, 6.07) is -0.847. The number of piperidine rings is 1. The largest absolute Gasteiger partial charge is 0.481 e. The Morgan fingerprint density at radius 3 is 2.84 bits per heavy atom. The number of carbonyl (C=O) groups excluding carboxylic acids is 2. The Bertz CT molecular complexity index is 592. The van der Waals surface area contributed by atoms with Crippen LogP contribution in [0.4, 0.5) is 0 Å². The second-order valence-corrected chi connectivity index (χ2v) is 4.77. The number of carboxylic acid groups (broad SMARTS) is 1. The molecule has 3 N–H and O–H groups in total. The number of thioether (sulfide) groups is 1. The Labute approximate surface area is 110 Å². The molecule has 0 aromatic carbocycles. The van der Waals surface area contributed by atoms with Crippen molar-refractivity contribution in [3.05, 3.63) is 10.5 Å². The number of H-pyrrole nitrogens is 1. The van der Waals surface area contributed by atoms with Crippen LogP contribution in [0.1, 0.15) is 18.9 Å². The zero-order chi connectivity index (χ0) is 14.0. The minimum absolute atomic E-state index is 0.113. The molecule has 1 aromatic heterocycles. The van der Waals surface area contributed by atoms with Crippen molar-refractivity contribution < 1.29 is 19.5 Å². The molecular formula is C9H10N4O5S. The fourth-order valence-corrected chi connectivity index (χ4v) is 2.43. The molecule has 1 aromatic rings. The number of nitrogens with zero attached hydrogens (tertiary/aromatic N) is 2. The van der Waals surface area contributed by atoms with E-state index in [2.05, 4.69) is 15.5 Å². The first-order chi connectivity index (χ1) is 8.99. The number of rotatable bonds is 4. The van der Waals surface area contributed by atoms with Gasteiger partial charge in [0, 0.05) is 6.42 Å². The second kappa shape index (κ2) is 5.26. The molecule has 1 aliphatic rings. The number of aromatic nitrogens is 3. The van der Waals surface area contributed by atoms with E-state index in [1.807, 2.05) is 0 Å². The maximum Gasteiger partial charge on any atom is 0.344 e. The number of aliphatic carboxylic acids is 1. The lowest BCUT2D eigenvalue weighted by molar-refractivity contribution is -0.136. The van der Waals surface area contributed by atoms with E-state index in [0.717, 1.165) is 16.3 Å². The molecule has 2 amide bonds. The van der Waals surface area contributed by atoms with Gasteiger partial charge in [0.2, 0.25) is 11.8 Å². The van der Waals surface area contributed by atoms with Crippen LogP contribution in [0.3, 0.4) is 0 Å². The van der Waals surface area contributed by atoms with E-state index in [1.165, 1.54) is 0 Å². The van der Waals surface area contributed by atoms with Gasteiger partial charge in [0.1, 0.15) is 6.04 Å². The van der Waals surface area contributed by atoms with Crippen molar-refractivity contribution in [1.29, 1.82) is 0 Å². The number of aromatic amines is 1. The molecule has 102 valence electrons. The summed E-state index contributed by atoms with van der Waals surface area (Å²) in [4.78, 5) is 44.9. The van der Waals surface area contributed by atoms with Crippen LogP contribution in [-0.2, 0) is 14.4 Å². The van der Waals surface area contributed by atoms with E-state index in [4.69, 9.17) is 5.11 Å². The van der Waals surface area contributed by atoms with E-state index in [1.54, 1.807) is 0 Å². The van der Waals surface area contributed by atoms with E-state index in [0.29, 0.717) is 0 Å². The van der Waals surface area contributed by atoms with Gasteiger partial charge in [-0.1, -0.05) is 11.8 Å². The van der Waals surface area contributed by atoms with Crippen LogP contribution in [0.25, 0.3) is 0 Å². The number of hydrogen-bond donors (Lipinski definition) is 3. The lowest BCUT2D eigenvalue weighted by Crippen LogP contribution is -2.44. The molecule has 0 spiro atoms. The van der Waals surface area contributed by atoms with Crippen molar-refractivity contribution in [1.82, 2.24) is 20.1 Å². The molecule has 1 fully saturated rings. The number of imide groups is 1. The maximum absolute atomic E-state index is 11.7. The first-order valence-corrected chi connectivity index (χ1v) is 6.33. The highest BCUT2D eigenvalue weighted by Crippen LogP contribution is 2.22. The number of amides is 2. The van der Waals surface area contributed by atoms with Gasteiger partial charge in [0.25, 0.3) is 0 Å². The lowest BCUT2D eigenvalue weighted by atomic mass is 10.1. The molecule has 0 aliphatic carbocycles. The molecule has 0 radical (unpaired) electrons. The Hall–Kier alpha value is -2.10. The van der Waals surface area contributed by atoms with Crippen LogP contribution in [-0.4, -0.2) is 43.4 Å². The average Bonchev–Trinajstić information content (AvgIpc) is 2.68. The third-order valence-electron chi connectivity index (χ3n) is 2.52. The van der Waals surface area contributed by atoms with Crippen LogP contribution < -0.4 is 11.0 Å². The summed E-state index contributed by atoms with van der Waals surface area (Å²) >= 11 is 0.829. The van der Waals surface area contributed by atoms with Crippen LogP contribution in [0, 0.1) is 0 Å². The topological polar surface area (TPSA) is 134 Å². The van der Waals surface area contributed by atoms with E-state index >= 15 is 0 Å². The van der Waals surface area contributed by atoms with Gasteiger partial charge in [-0.2, -0.15) is 0 Å². The number of hydrogen-bond acceptors (Lipinski definition) is 6. The highest BCUT2D eigenvalue weighted by molar-refractivity contribution is 7.99. The fourth-order valence-electron chi connectivity index (χ4n) is 1.72. The van der Waals surface area contributed by atoms with Crippen molar-refractivity contribution in [2.75, 3.05) is 5.75 Å². The van der Waals surface area contributed by atoms with Gasteiger partial charge in [-0.3, -0.25) is 24.3 Å². The van der Waals surface area contributed by atoms with Gasteiger partial charge in [0.15, 0.2) is 5.16 Å². The summed E-state index contributed by atoms with van der Waals surface area (Å²) in [5, 5.41) is 16.7. The molecule has 1 saturated heterocycles. The molecular weight excluding hydrogens is 276 g/mol. The summed E-state index contributed by atoms with van der Waals surface area (Å²) in [7, 11) is 0. The van der Waals surface area contributed by atoms with Crippen molar-refractivity contribution in [2.45, 2.75) is 24.0 Å². The van der Waals surface area contributed by atoms with E-state index in [9.17, 15) is 19.2 Å². The summed E-state index contributed by atoms with van der Waals surface area (Å²) in [5.74, 6) is -2.32. The molecule has 2 rings (SSSR count). The highest BCUT2D eigenvalue weighted by atomic mass is 32.2. The van der Waals surface area contributed by atoms with Crippen molar-refractivity contribution in [2.24, 2.45) is 0 Å². The zero-order valence-electron chi connectivity index (χ0n) is 9.58. The summed E-state index contributed by atoms with van der Waals surface area (Å²) < 4.78 is 1.08. The number of carbonyl (C=O) groups is 3. The summed E-state index contributed by atoms with van der Waals surface area (Å²) in [6.45, 7) is 0. The van der Waals surface area contributed by atoms with Crippen molar-refractivity contribution in [3.63, 3.8) is 0 Å². The van der Waals surface area contributed by atoms with Gasteiger partial charge >= 0.3 is 11.7 Å². The van der Waals surface area contributed by atoms with Crippen molar-refractivity contribution in [3.8, 4) is 0 Å². The standard InChI is InChI=1S/C9H10N4O5S/c14-5-2-1-4(7(17)10-5)13-8(18)11-12-9(13)19-3-6(15)16/h4H,1-3H2,(H,11,18)(H,15,16)(H,10,14,17). The van der Waals surface area contributed by atoms with Gasteiger partial charge < -0.3 is 5.11 Å². The molecule has 9 nitrogen and oxygen atoms in total. The zero-order valence-corrected chi connectivity index (χ0v) is 10.4. The van der Waals surface area contributed by atoms with Crippen LogP contribution >= 0.6 is 11.8 Å². The molecule has 10 heteroatoms. The molecule has 19 heavy (non-hydrogen) atoms. The van der Waals surface area contributed by atoms with Crippen LogP contribution in [0.15, 0.2) is 9.95 Å². The normalized spacial score (nSPS) is 19.3. The highest BCUT2D eigenvalue weighted by Gasteiger charge is 2.31. The first kappa shape index (κ1) is 13.3. The molecule has 1 unspecified atom stereocenters. The lowest BCUT2D eigenvalue weighted by Gasteiger charge is -2.21. The summed E-state index contributed by atoms with van der Waals surface area (Å²) in [5.41, 5.74) is -0.609. The van der Waals surface area contributed by atoms with Crippen LogP contribution in [0.2, 0.25) is 0 Å². The Balaban J connectivity index is 2.26. The average molecular weight is 286 g/mol. The van der Waals surface area contributed by atoms with Crippen LogP contribution in [0.5, 0.6) is 0 Å². The van der Waals surface area contributed by atoms with Crippen molar-refractivity contribution >= 4 is 29.5 Å². The summed E-state index contributed by atoms with van der Waals surface area (Å²) in [6.07, 6.45) is 0.307. The monoisotopic (exact) mass is 286 g/mol. The van der Waals surface area contributed by atoms with Gasteiger partial charge in [0.05, 0.1) is 5.75 Å². The van der Waals surface area contributed by atoms with Gasteiger partial charge in [-0.25, -0.2) is 9.89 Å². The molecule has 1 atom stereocenters. The Morgan fingerprint density at radius 1 is 1.47 bits per heavy atom. The third-order valence-corrected chi connectivity index (χ3v) is 3.46. The first-order valence-electron chi connectivity index (χ1n) is 5.34. The predicted octanol–water partition coefficient (Wildman–Crippen LogP) is -1.27. The number of nitrogens with one attached hydrogen (secondary N) is 2. The maximum atomic E-state index is 11.7. The number of carboxylic acids is 1. The fraction of sp³-hybridized carbons (Fsp3) is 0.444. The minimum atomic E-state index is -1.06. The van der Waals surface area contributed by atoms with E-state index in [-0.39, 0.29) is 23.8 Å². The molecule has 0 saturated carbocycles. The molecule has 2 heterocycles. The minimum Gasteiger partial charge on any atom is -0.481 e. The van der Waals surface area contributed by atoms with E-state index < -0.39 is 29.5 Å². The quantitative estimate of drug-likeness (QED) is 0.464. The SMILES string of the molecule is O=C(O)CSc1n[nH]c(=O)n1C1CCC(=O)NC1=O. The predicted molar refractivity (Wildman–Crippen MR) is 62.6 cm³/mol. The van der Waals surface area contributed by atoms with Gasteiger partial charge in [-0.05, 0) is 6.42 Å².